The zero-order chi connectivity index (χ0) is 23.1. The SMILES string of the molecule is COC1=NC=C(N(CCc2ccc(C(F)(F)F)cc2)C(=O)C(N=N)c2ccccc2)CC1. The number of benzene rings is 2. The van der Waals surface area contributed by atoms with Crippen molar-refractivity contribution >= 4 is 11.8 Å². The van der Waals surface area contributed by atoms with E-state index < -0.39 is 17.8 Å². The Morgan fingerprint density at radius 2 is 1.84 bits per heavy atom. The Bertz CT molecular complexity index is 1000. The molecule has 1 heterocycles. The minimum atomic E-state index is -4.40. The van der Waals surface area contributed by atoms with Gasteiger partial charge >= 0.3 is 6.18 Å². The molecule has 9 heteroatoms. The van der Waals surface area contributed by atoms with Crippen LogP contribution in [0.2, 0.25) is 0 Å². The number of carbonyl (C=O) groups excluding carboxylic acids is 1. The van der Waals surface area contributed by atoms with Gasteiger partial charge in [-0.05, 0) is 36.1 Å². The van der Waals surface area contributed by atoms with Crippen LogP contribution < -0.4 is 0 Å². The van der Waals surface area contributed by atoms with E-state index in [0.29, 0.717) is 42.0 Å². The molecule has 0 radical (unpaired) electrons. The fraction of sp³-hybridized carbons (Fsp3) is 0.304. The van der Waals surface area contributed by atoms with Crippen molar-refractivity contribution in [2.75, 3.05) is 13.7 Å². The summed E-state index contributed by atoms with van der Waals surface area (Å²) in [6.45, 7) is 0.215. The van der Waals surface area contributed by atoms with Crippen molar-refractivity contribution in [1.82, 2.24) is 4.90 Å². The largest absolute Gasteiger partial charge is 0.484 e. The van der Waals surface area contributed by atoms with Gasteiger partial charge in [-0.15, -0.1) is 0 Å². The maximum absolute atomic E-state index is 13.4. The molecular formula is C23H23F3N4O2. The van der Waals surface area contributed by atoms with Crippen molar-refractivity contribution in [2.45, 2.75) is 31.5 Å². The Kier molecular flexibility index (Phi) is 7.40. The number of methoxy groups -OCH3 is 1. The standard InChI is InChI=1S/C23H23F3N4O2/c1-32-20-12-11-19(15-28-20)30(22(31)21(29-27)17-5-3-2-4-6-17)14-13-16-7-9-18(10-8-16)23(24,25)26/h2-10,15,21,27H,11-14H2,1H3. The maximum atomic E-state index is 13.4. The molecule has 32 heavy (non-hydrogen) atoms. The van der Waals surface area contributed by atoms with Gasteiger partial charge in [0.25, 0.3) is 5.91 Å². The van der Waals surface area contributed by atoms with Gasteiger partial charge in [0, 0.05) is 18.7 Å². The van der Waals surface area contributed by atoms with Gasteiger partial charge in [0.15, 0.2) is 11.9 Å². The summed E-state index contributed by atoms with van der Waals surface area (Å²) >= 11 is 0. The molecule has 0 saturated carbocycles. The quantitative estimate of drug-likeness (QED) is 0.570. The first-order valence-corrected chi connectivity index (χ1v) is 10.0. The van der Waals surface area contributed by atoms with Crippen LogP contribution in [0.4, 0.5) is 13.2 Å². The van der Waals surface area contributed by atoms with Crippen molar-refractivity contribution in [3.05, 3.63) is 83.2 Å². The third-order valence-corrected chi connectivity index (χ3v) is 5.18. The Labute approximate surface area is 183 Å². The topological polar surface area (TPSA) is 78.1 Å². The number of carbonyl (C=O) groups is 1. The fourth-order valence-electron chi connectivity index (χ4n) is 3.42. The summed E-state index contributed by atoms with van der Waals surface area (Å²) in [5.74, 6) is 0.161. The molecule has 2 aromatic rings. The zero-order valence-corrected chi connectivity index (χ0v) is 17.5. The summed E-state index contributed by atoms with van der Waals surface area (Å²) in [7, 11) is 1.52. The number of alkyl halides is 3. The smallest absolute Gasteiger partial charge is 0.416 e. The first-order chi connectivity index (χ1) is 15.3. The summed E-state index contributed by atoms with van der Waals surface area (Å²) in [6, 6.07) is 12.7. The van der Waals surface area contributed by atoms with Crippen molar-refractivity contribution < 1.29 is 22.7 Å². The lowest BCUT2D eigenvalue weighted by Crippen LogP contribution is -2.36. The third kappa shape index (κ3) is 5.60. The summed E-state index contributed by atoms with van der Waals surface area (Å²) in [5, 5.41) is 3.54. The van der Waals surface area contributed by atoms with Crippen molar-refractivity contribution in [2.24, 2.45) is 10.1 Å². The van der Waals surface area contributed by atoms with Crippen LogP contribution >= 0.6 is 0 Å². The van der Waals surface area contributed by atoms with Gasteiger partial charge in [-0.3, -0.25) is 4.79 Å². The first kappa shape index (κ1) is 23.2. The van der Waals surface area contributed by atoms with E-state index in [1.54, 1.807) is 30.5 Å². The maximum Gasteiger partial charge on any atom is 0.416 e. The Morgan fingerprint density at radius 3 is 2.38 bits per heavy atom. The molecule has 1 N–H and O–H groups in total. The summed E-state index contributed by atoms with van der Waals surface area (Å²) in [6.07, 6.45) is -1.49. The zero-order valence-electron chi connectivity index (χ0n) is 17.5. The Balaban J connectivity index is 1.84. The molecule has 0 bridgehead atoms. The molecule has 3 rings (SSSR count). The van der Waals surface area contributed by atoms with E-state index in [2.05, 4.69) is 10.1 Å². The lowest BCUT2D eigenvalue weighted by molar-refractivity contribution is -0.137. The molecule has 168 valence electrons. The van der Waals surface area contributed by atoms with E-state index in [4.69, 9.17) is 10.3 Å². The number of rotatable bonds is 7. The Hall–Kier alpha value is -3.49. The molecule has 2 aromatic carbocycles. The van der Waals surface area contributed by atoms with Crippen LogP contribution in [-0.4, -0.2) is 30.4 Å². The second-order valence-corrected chi connectivity index (χ2v) is 7.22. The van der Waals surface area contributed by atoms with Crippen LogP contribution in [0.3, 0.4) is 0 Å². The lowest BCUT2D eigenvalue weighted by atomic mass is 10.0. The molecular weight excluding hydrogens is 421 g/mol. The summed E-state index contributed by atoms with van der Waals surface area (Å²) < 4.78 is 43.6. The number of hydrogen-bond acceptors (Lipinski definition) is 5. The van der Waals surface area contributed by atoms with Crippen molar-refractivity contribution in [3.63, 3.8) is 0 Å². The molecule has 1 aliphatic rings. The van der Waals surface area contributed by atoms with Gasteiger partial charge in [0.05, 0.1) is 18.9 Å². The molecule has 1 aliphatic heterocycles. The van der Waals surface area contributed by atoms with Crippen LogP contribution in [0.1, 0.15) is 35.6 Å². The van der Waals surface area contributed by atoms with Gasteiger partial charge in [0.2, 0.25) is 0 Å². The number of nitrogens with one attached hydrogen (secondary N) is 1. The number of ether oxygens (including phenoxy) is 1. The lowest BCUT2D eigenvalue weighted by Gasteiger charge is -2.29. The van der Waals surface area contributed by atoms with E-state index in [-0.39, 0.29) is 12.5 Å². The molecule has 0 saturated heterocycles. The van der Waals surface area contributed by atoms with E-state index in [1.807, 2.05) is 6.07 Å². The van der Waals surface area contributed by atoms with Gasteiger partial charge in [-0.25, -0.2) is 10.5 Å². The fourth-order valence-corrected chi connectivity index (χ4v) is 3.42. The molecule has 1 amide bonds. The predicted molar refractivity (Wildman–Crippen MR) is 113 cm³/mol. The predicted octanol–water partition coefficient (Wildman–Crippen LogP) is 5.53. The minimum Gasteiger partial charge on any atom is -0.484 e. The average molecular weight is 444 g/mol. The number of aliphatic imine (C=N–C) groups is 1. The monoisotopic (exact) mass is 444 g/mol. The molecule has 0 spiro atoms. The van der Waals surface area contributed by atoms with Crippen LogP contribution in [0, 0.1) is 5.53 Å². The second-order valence-electron chi connectivity index (χ2n) is 7.22. The Morgan fingerprint density at radius 1 is 1.16 bits per heavy atom. The van der Waals surface area contributed by atoms with Crippen LogP contribution in [0.25, 0.3) is 0 Å². The highest BCUT2D eigenvalue weighted by Crippen LogP contribution is 2.30. The van der Waals surface area contributed by atoms with Crippen molar-refractivity contribution in [3.8, 4) is 0 Å². The number of allylic oxidation sites excluding steroid dienone is 1. The average Bonchev–Trinajstić information content (AvgIpc) is 2.80. The highest BCUT2D eigenvalue weighted by atomic mass is 19.4. The van der Waals surface area contributed by atoms with Gasteiger partial charge in [0.1, 0.15) is 0 Å². The van der Waals surface area contributed by atoms with Crippen LogP contribution in [0.15, 0.2) is 76.6 Å². The number of halogens is 3. The molecule has 0 aromatic heterocycles. The minimum absolute atomic E-state index is 0.215. The van der Waals surface area contributed by atoms with Crippen LogP contribution in [-0.2, 0) is 22.1 Å². The van der Waals surface area contributed by atoms with Gasteiger partial charge in [-0.2, -0.15) is 18.3 Å². The van der Waals surface area contributed by atoms with E-state index in [9.17, 15) is 18.0 Å². The highest BCUT2D eigenvalue weighted by Gasteiger charge is 2.31. The summed E-state index contributed by atoms with van der Waals surface area (Å²) in [4.78, 5) is 19.1. The molecule has 0 aliphatic carbocycles. The van der Waals surface area contributed by atoms with Gasteiger partial charge < -0.3 is 9.64 Å². The second kappa shape index (κ2) is 10.2. The third-order valence-electron chi connectivity index (χ3n) is 5.18. The van der Waals surface area contributed by atoms with Gasteiger partial charge in [-0.1, -0.05) is 42.5 Å². The molecule has 1 unspecified atom stereocenters. The molecule has 1 atom stereocenters. The number of hydrogen-bond donors (Lipinski definition) is 1. The number of amides is 1. The van der Waals surface area contributed by atoms with E-state index in [0.717, 1.165) is 12.1 Å². The highest BCUT2D eigenvalue weighted by molar-refractivity contribution is 5.85. The molecule has 0 fully saturated rings. The first-order valence-electron chi connectivity index (χ1n) is 10.0. The van der Waals surface area contributed by atoms with E-state index >= 15 is 0 Å². The van der Waals surface area contributed by atoms with E-state index in [1.165, 1.54) is 24.1 Å². The van der Waals surface area contributed by atoms with Crippen molar-refractivity contribution in [1.29, 1.82) is 5.53 Å². The molecule has 6 nitrogen and oxygen atoms in total. The normalized spacial score (nSPS) is 14.8. The number of nitrogens with zero attached hydrogens (tertiary/aromatic N) is 3. The van der Waals surface area contributed by atoms with Crippen LogP contribution in [0.5, 0.6) is 0 Å². The summed E-state index contributed by atoms with van der Waals surface area (Å²) in [5.41, 5.74) is 8.75.